The molecule has 15 heavy (non-hydrogen) atoms. The minimum absolute atomic E-state index is 0.253. The molecule has 1 unspecified atom stereocenters. The molecule has 1 rings (SSSR count). The summed E-state index contributed by atoms with van der Waals surface area (Å²) in [6.45, 7) is 5.68. The van der Waals surface area contributed by atoms with Crippen LogP contribution in [0, 0.1) is 0 Å². The van der Waals surface area contributed by atoms with Gasteiger partial charge in [-0.05, 0) is 31.4 Å². The summed E-state index contributed by atoms with van der Waals surface area (Å²) in [6.07, 6.45) is 0.855. The Bertz CT molecular complexity index is 258. The third-order valence-electron chi connectivity index (χ3n) is 2.56. The number of nitrogens with one attached hydrogen (secondary N) is 1. The van der Waals surface area contributed by atoms with Crippen molar-refractivity contribution in [2.75, 3.05) is 13.1 Å². The Morgan fingerprint density at radius 3 is 2.47 bits per heavy atom. The van der Waals surface area contributed by atoms with Crippen LogP contribution in [0.25, 0.3) is 0 Å². The molecule has 0 heterocycles. The van der Waals surface area contributed by atoms with E-state index in [-0.39, 0.29) is 6.10 Å². The maximum absolute atomic E-state index is 9.07. The minimum atomic E-state index is -0.253. The second-order valence-corrected chi connectivity index (χ2v) is 4.15. The van der Waals surface area contributed by atoms with Crippen LogP contribution in [0.15, 0.2) is 30.3 Å². The molecule has 0 fully saturated rings. The molecule has 2 N–H and O–H groups in total. The van der Waals surface area contributed by atoms with Gasteiger partial charge in [0.15, 0.2) is 0 Å². The Morgan fingerprint density at radius 1 is 1.20 bits per heavy atom. The monoisotopic (exact) mass is 207 g/mol. The predicted octanol–water partition coefficient (Wildman–Crippen LogP) is 2.15. The molecule has 0 saturated carbocycles. The summed E-state index contributed by atoms with van der Waals surface area (Å²) in [7, 11) is 0. The third-order valence-corrected chi connectivity index (χ3v) is 2.56. The average Bonchev–Trinajstić information content (AvgIpc) is 2.25. The smallest absolute Gasteiger partial charge is 0.0636 e. The molecule has 0 saturated heterocycles. The molecular weight excluding hydrogens is 186 g/mol. The molecule has 2 heteroatoms. The van der Waals surface area contributed by atoms with Crippen molar-refractivity contribution in [3.05, 3.63) is 35.9 Å². The number of aliphatic hydroxyl groups excluding tert-OH is 1. The lowest BCUT2D eigenvalue weighted by atomic mass is 9.98. The third kappa shape index (κ3) is 4.96. The van der Waals surface area contributed by atoms with Gasteiger partial charge in [0.1, 0.15) is 0 Å². The van der Waals surface area contributed by atoms with Crippen LogP contribution in [0.1, 0.15) is 31.7 Å². The maximum atomic E-state index is 9.07. The van der Waals surface area contributed by atoms with Gasteiger partial charge in [-0.25, -0.2) is 0 Å². The topological polar surface area (TPSA) is 32.3 Å². The standard InChI is InChI=1S/C13H21NO/c1-11(8-9-14-10-12(2)15)13-6-4-3-5-7-13/h3-7,11-12,14-15H,8-10H2,1-2H3/t11?,12-/m0/s1. The highest BCUT2D eigenvalue weighted by atomic mass is 16.3. The van der Waals surface area contributed by atoms with E-state index in [1.807, 2.05) is 6.07 Å². The molecule has 2 atom stereocenters. The SMILES string of the molecule is CC(CCNC[C@H](C)O)c1ccccc1. The molecule has 0 aliphatic carbocycles. The first-order chi connectivity index (χ1) is 7.20. The first-order valence-electron chi connectivity index (χ1n) is 5.64. The van der Waals surface area contributed by atoms with Crippen LogP contribution >= 0.6 is 0 Å². The Hall–Kier alpha value is -0.860. The van der Waals surface area contributed by atoms with E-state index in [1.54, 1.807) is 6.92 Å². The van der Waals surface area contributed by atoms with E-state index >= 15 is 0 Å². The molecule has 0 spiro atoms. The lowest BCUT2D eigenvalue weighted by Gasteiger charge is -2.12. The molecule has 1 aromatic carbocycles. The summed E-state index contributed by atoms with van der Waals surface area (Å²) in [5, 5.41) is 12.3. The normalized spacial score (nSPS) is 14.9. The molecule has 0 aliphatic rings. The van der Waals surface area contributed by atoms with Gasteiger partial charge in [0.05, 0.1) is 6.10 Å². The second kappa shape index (κ2) is 6.59. The summed E-state index contributed by atoms with van der Waals surface area (Å²) in [6, 6.07) is 10.5. The van der Waals surface area contributed by atoms with E-state index in [9.17, 15) is 0 Å². The van der Waals surface area contributed by atoms with Crippen molar-refractivity contribution in [1.29, 1.82) is 0 Å². The quantitative estimate of drug-likeness (QED) is 0.701. The van der Waals surface area contributed by atoms with Gasteiger partial charge in [-0.2, -0.15) is 0 Å². The van der Waals surface area contributed by atoms with Crippen LogP contribution < -0.4 is 5.32 Å². The second-order valence-electron chi connectivity index (χ2n) is 4.15. The van der Waals surface area contributed by atoms with Gasteiger partial charge in [0.25, 0.3) is 0 Å². The van der Waals surface area contributed by atoms with E-state index in [0.29, 0.717) is 12.5 Å². The van der Waals surface area contributed by atoms with Crippen LogP contribution in [-0.2, 0) is 0 Å². The highest BCUT2D eigenvalue weighted by Gasteiger charge is 2.04. The van der Waals surface area contributed by atoms with E-state index in [4.69, 9.17) is 5.11 Å². The van der Waals surface area contributed by atoms with Gasteiger partial charge >= 0.3 is 0 Å². The van der Waals surface area contributed by atoms with Crippen molar-refractivity contribution in [2.24, 2.45) is 0 Å². The Labute approximate surface area is 92.3 Å². The molecule has 84 valence electrons. The van der Waals surface area contributed by atoms with E-state index in [1.165, 1.54) is 5.56 Å². The summed E-state index contributed by atoms with van der Waals surface area (Å²) in [5.41, 5.74) is 1.39. The molecule has 0 aliphatic heterocycles. The summed E-state index contributed by atoms with van der Waals surface area (Å²) in [5.74, 6) is 0.577. The van der Waals surface area contributed by atoms with Crippen molar-refractivity contribution in [3.8, 4) is 0 Å². The minimum Gasteiger partial charge on any atom is -0.392 e. The average molecular weight is 207 g/mol. The molecule has 1 aromatic rings. The van der Waals surface area contributed by atoms with Crippen molar-refractivity contribution < 1.29 is 5.11 Å². The predicted molar refractivity (Wildman–Crippen MR) is 64.0 cm³/mol. The zero-order chi connectivity index (χ0) is 11.1. The number of hydrogen-bond acceptors (Lipinski definition) is 2. The van der Waals surface area contributed by atoms with Gasteiger partial charge < -0.3 is 10.4 Å². The van der Waals surface area contributed by atoms with E-state index in [2.05, 4.69) is 36.5 Å². The largest absolute Gasteiger partial charge is 0.392 e. The lowest BCUT2D eigenvalue weighted by molar-refractivity contribution is 0.191. The van der Waals surface area contributed by atoms with Gasteiger partial charge in [-0.15, -0.1) is 0 Å². The van der Waals surface area contributed by atoms with Crippen LogP contribution in [0.5, 0.6) is 0 Å². The van der Waals surface area contributed by atoms with Gasteiger partial charge in [-0.3, -0.25) is 0 Å². The molecule has 0 amide bonds. The number of hydrogen-bond donors (Lipinski definition) is 2. The maximum Gasteiger partial charge on any atom is 0.0636 e. The number of aliphatic hydroxyl groups is 1. The first-order valence-corrected chi connectivity index (χ1v) is 5.64. The van der Waals surface area contributed by atoms with Crippen LogP contribution in [-0.4, -0.2) is 24.3 Å². The Kier molecular flexibility index (Phi) is 5.37. The van der Waals surface area contributed by atoms with Crippen molar-refractivity contribution in [2.45, 2.75) is 32.3 Å². The lowest BCUT2D eigenvalue weighted by Crippen LogP contribution is -2.25. The highest BCUT2D eigenvalue weighted by Crippen LogP contribution is 2.17. The van der Waals surface area contributed by atoms with Crippen molar-refractivity contribution >= 4 is 0 Å². The summed E-state index contributed by atoms with van der Waals surface area (Å²) in [4.78, 5) is 0. The number of rotatable bonds is 6. The van der Waals surface area contributed by atoms with Crippen LogP contribution in [0.3, 0.4) is 0 Å². The van der Waals surface area contributed by atoms with Gasteiger partial charge in [0, 0.05) is 6.54 Å². The molecule has 2 nitrogen and oxygen atoms in total. The van der Waals surface area contributed by atoms with E-state index in [0.717, 1.165) is 13.0 Å². The van der Waals surface area contributed by atoms with Crippen molar-refractivity contribution in [3.63, 3.8) is 0 Å². The fourth-order valence-corrected chi connectivity index (χ4v) is 1.58. The highest BCUT2D eigenvalue weighted by molar-refractivity contribution is 5.18. The van der Waals surface area contributed by atoms with E-state index < -0.39 is 0 Å². The zero-order valence-electron chi connectivity index (χ0n) is 9.61. The summed E-state index contributed by atoms with van der Waals surface area (Å²) < 4.78 is 0. The molecule has 0 aromatic heterocycles. The Morgan fingerprint density at radius 2 is 1.87 bits per heavy atom. The zero-order valence-corrected chi connectivity index (χ0v) is 9.61. The molecular formula is C13H21NO. The fourth-order valence-electron chi connectivity index (χ4n) is 1.58. The van der Waals surface area contributed by atoms with Crippen LogP contribution in [0.2, 0.25) is 0 Å². The molecule has 0 radical (unpaired) electrons. The van der Waals surface area contributed by atoms with Gasteiger partial charge in [-0.1, -0.05) is 37.3 Å². The van der Waals surface area contributed by atoms with Crippen LogP contribution in [0.4, 0.5) is 0 Å². The first kappa shape index (κ1) is 12.2. The van der Waals surface area contributed by atoms with Gasteiger partial charge in [0.2, 0.25) is 0 Å². The molecule has 0 bridgehead atoms. The summed E-state index contributed by atoms with van der Waals surface area (Å²) >= 11 is 0. The Balaban J connectivity index is 2.22. The van der Waals surface area contributed by atoms with Crippen molar-refractivity contribution in [1.82, 2.24) is 5.32 Å². The fraction of sp³-hybridized carbons (Fsp3) is 0.538. The number of benzene rings is 1.